The van der Waals surface area contributed by atoms with Gasteiger partial charge >= 0.3 is 0 Å². The number of methoxy groups -OCH3 is 1. The third-order valence-corrected chi connectivity index (χ3v) is 4.87. The van der Waals surface area contributed by atoms with Crippen molar-refractivity contribution in [2.24, 2.45) is 0 Å². The van der Waals surface area contributed by atoms with Crippen LogP contribution in [0.1, 0.15) is 28.8 Å². The molecule has 2 aromatic carbocycles. The number of nitrogens with zero attached hydrogens (tertiary/aromatic N) is 4. The molecule has 7 nitrogen and oxygen atoms in total. The van der Waals surface area contributed by atoms with Crippen molar-refractivity contribution in [2.45, 2.75) is 20.3 Å². The van der Waals surface area contributed by atoms with E-state index in [1.54, 1.807) is 54.9 Å². The van der Waals surface area contributed by atoms with Crippen LogP contribution in [0, 0.1) is 12.7 Å². The minimum absolute atomic E-state index is 0.175. The molecule has 1 amide bonds. The van der Waals surface area contributed by atoms with Crippen molar-refractivity contribution in [3.05, 3.63) is 71.4 Å². The minimum atomic E-state index is -0.385. The Morgan fingerprint density at radius 1 is 1.10 bits per heavy atom. The largest absolute Gasteiger partial charge is 0.497 e. The first-order valence-electron chi connectivity index (χ1n) is 9.48. The lowest BCUT2D eigenvalue weighted by atomic mass is 10.0. The Morgan fingerprint density at radius 3 is 2.43 bits per heavy atom. The van der Waals surface area contributed by atoms with E-state index in [9.17, 15) is 9.18 Å². The van der Waals surface area contributed by atoms with Crippen molar-refractivity contribution in [3.63, 3.8) is 0 Å². The predicted octanol–water partition coefficient (Wildman–Crippen LogP) is 4.06. The molecule has 2 aromatic heterocycles. The third kappa shape index (κ3) is 3.47. The lowest BCUT2D eigenvalue weighted by Gasteiger charge is -2.08. The molecule has 0 aliphatic heterocycles. The molecule has 2 heterocycles. The number of hydrogen-bond acceptors (Lipinski definition) is 5. The number of anilines is 1. The molecule has 0 aliphatic rings. The molecule has 30 heavy (non-hydrogen) atoms. The maximum atomic E-state index is 13.4. The fourth-order valence-corrected chi connectivity index (χ4v) is 3.28. The maximum Gasteiger partial charge on any atom is 0.278 e. The van der Waals surface area contributed by atoms with Gasteiger partial charge in [0.15, 0.2) is 11.3 Å². The fourth-order valence-electron chi connectivity index (χ4n) is 3.28. The normalized spacial score (nSPS) is 10.9. The molecule has 152 valence electrons. The first-order valence-corrected chi connectivity index (χ1v) is 9.48. The molecule has 0 aliphatic carbocycles. The van der Waals surface area contributed by atoms with Gasteiger partial charge in [-0.3, -0.25) is 4.79 Å². The number of ether oxygens (including phenoxy) is 1. The topological polar surface area (TPSA) is 81.4 Å². The number of rotatable bonds is 5. The lowest BCUT2D eigenvalue weighted by Crippen LogP contribution is -2.18. The molecular formula is C22H20FN5O2. The zero-order valence-electron chi connectivity index (χ0n) is 16.8. The number of aryl methyl sites for hydroxylation is 2. The van der Waals surface area contributed by atoms with Crippen LogP contribution in [-0.2, 0) is 6.42 Å². The molecule has 8 heteroatoms. The summed E-state index contributed by atoms with van der Waals surface area (Å²) in [5.41, 5.74) is 4.26. The molecule has 0 radical (unpaired) electrons. The molecule has 0 bridgehead atoms. The molecule has 0 fully saturated rings. The highest BCUT2D eigenvalue weighted by atomic mass is 19.1. The second-order valence-electron chi connectivity index (χ2n) is 6.73. The summed E-state index contributed by atoms with van der Waals surface area (Å²) in [6.45, 7) is 3.75. The van der Waals surface area contributed by atoms with E-state index in [1.807, 2.05) is 6.92 Å². The van der Waals surface area contributed by atoms with Crippen molar-refractivity contribution in [1.29, 1.82) is 0 Å². The lowest BCUT2D eigenvalue weighted by molar-refractivity contribution is 0.102. The second-order valence-corrected chi connectivity index (χ2v) is 6.73. The Labute approximate surface area is 172 Å². The number of benzene rings is 2. The van der Waals surface area contributed by atoms with Gasteiger partial charge in [0, 0.05) is 5.69 Å². The van der Waals surface area contributed by atoms with Gasteiger partial charge in [0.05, 0.1) is 24.1 Å². The minimum Gasteiger partial charge on any atom is -0.497 e. The van der Waals surface area contributed by atoms with Crippen LogP contribution >= 0.6 is 0 Å². The van der Waals surface area contributed by atoms with E-state index >= 15 is 0 Å². The van der Waals surface area contributed by atoms with Crippen LogP contribution in [0.5, 0.6) is 5.75 Å². The van der Waals surface area contributed by atoms with Crippen LogP contribution < -0.4 is 10.1 Å². The van der Waals surface area contributed by atoms with Gasteiger partial charge in [0.2, 0.25) is 0 Å². The van der Waals surface area contributed by atoms with Crippen LogP contribution in [0.3, 0.4) is 0 Å². The highest BCUT2D eigenvalue weighted by Crippen LogP contribution is 2.29. The second kappa shape index (κ2) is 7.90. The quantitative estimate of drug-likeness (QED) is 0.541. The third-order valence-electron chi connectivity index (χ3n) is 4.87. The van der Waals surface area contributed by atoms with E-state index in [-0.39, 0.29) is 17.4 Å². The number of hydrogen-bond donors (Lipinski definition) is 1. The maximum absolute atomic E-state index is 13.4. The van der Waals surface area contributed by atoms with Crippen molar-refractivity contribution < 1.29 is 13.9 Å². The Kier molecular flexibility index (Phi) is 5.14. The molecule has 1 N–H and O–H groups in total. The van der Waals surface area contributed by atoms with Crippen molar-refractivity contribution in [3.8, 4) is 16.9 Å². The molecule has 0 unspecified atom stereocenters. The van der Waals surface area contributed by atoms with Gasteiger partial charge in [-0.15, -0.1) is 10.2 Å². The molecular weight excluding hydrogens is 385 g/mol. The number of carbonyl (C=O) groups is 1. The van der Waals surface area contributed by atoms with Gasteiger partial charge in [0.25, 0.3) is 5.91 Å². The van der Waals surface area contributed by atoms with Crippen LogP contribution in [-0.4, -0.2) is 32.8 Å². The molecule has 4 aromatic rings. The molecule has 0 atom stereocenters. The van der Waals surface area contributed by atoms with Gasteiger partial charge in [-0.25, -0.2) is 8.91 Å². The smallest absolute Gasteiger partial charge is 0.278 e. The van der Waals surface area contributed by atoms with Gasteiger partial charge in [0.1, 0.15) is 11.6 Å². The standard InChI is InChI=1S/C22H20FN5O2/c1-4-18-19(14-5-7-15(23)8-6-14)21-26-25-20(13(2)28(21)27-18)22(29)24-16-9-11-17(30-3)12-10-16/h5-12H,4H2,1-3H3,(H,24,29). The van der Waals surface area contributed by atoms with Gasteiger partial charge < -0.3 is 10.1 Å². The van der Waals surface area contributed by atoms with E-state index in [1.165, 1.54) is 12.1 Å². The summed E-state index contributed by atoms with van der Waals surface area (Å²) < 4.78 is 20.1. The van der Waals surface area contributed by atoms with E-state index in [0.29, 0.717) is 29.2 Å². The van der Waals surface area contributed by atoms with Gasteiger partial charge in [-0.2, -0.15) is 5.10 Å². The van der Waals surface area contributed by atoms with Gasteiger partial charge in [-0.1, -0.05) is 19.1 Å². The predicted molar refractivity (Wildman–Crippen MR) is 111 cm³/mol. The molecule has 0 spiro atoms. The summed E-state index contributed by atoms with van der Waals surface area (Å²) in [7, 11) is 1.58. The number of fused-ring (bicyclic) bond motifs is 1. The number of carbonyl (C=O) groups excluding carboxylic acids is 1. The highest BCUT2D eigenvalue weighted by Gasteiger charge is 2.21. The first kappa shape index (κ1) is 19.5. The van der Waals surface area contributed by atoms with E-state index in [2.05, 4.69) is 20.6 Å². The van der Waals surface area contributed by atoms with E-state index in [0.717, 1.165) is 16.8 Å². The summed E-state index contributed by atoms with van der Waals surface area (Å²) >= 11 is 0. The number of amides is 1. The van der Waals surface area contributed by atoms with Crippen LogP contribution in [0.2, 0.25) is 0 Å². The summed E-state index contributed by atoms with van der Waals surface area (Å²) in [4.78, 5) is 12.8. The van der Waals surface area contributed by atoms with E-state index in [4.69, 9.17) is 4.74 Å². The summed E-state index contributed by atoms with van der Waals surface area (Å²) in [5, 5.41) is 15.9. The fraction of sp³-hybridized carbons (Fsp3) is 0.182. The number of halogens is 1. The average Bonchev–Trinajstić information content (AvgIpc) is 3.14. The van der Waals surface area contributed by atoms with Crippen LogP contribution in [0.4, 0.5) is 10.1 Å². The highest BCUT2D eigenvalue weighted by molar-refractivity contribution is 6.03. The SMILES string of the molecule is CCc1nn2c(C)c(C(=O)Nc3ccc(OC)cc3)nnc2c1-c1ccc(F)cc1. The van der Waals surface area contributed by atoms with Crippen molar-refractivity contribution in [2.75, 3.05) is 12.4 Å². The Hall–Kier alpha value is -3.81. The Bertz CT molecular complexity index is 1220. The molecule has 4 rings (SSSR count). The van der Waals surface area contributed by atoms with E-state index < -0.39 is 0 Å². The van der Waals surface area contributed by atoms with Crippen molar-refractivity contribution >= 4 is 17.2 Å². The van der Waals surface area contributed by atoms with Crippen LogP contribution in [0.15, 0.2) is 48.5 Å². The summed E-state index contributed by atoms with van der Waals surface area (Å²) in [5.74, 6) is -0.000626. The first-order chi connectivity index (χ1) is 14.5. The number of aromatic nitrogens is 4. The zero-order chi connectivity index (χ0) is 21.3. The molecule has 0 saturated carbocycles. The monoisotopic (exact) mass is 405 g/mol. The Balaban J connectivity index is 1.73. The Morgan fingerprint density at radius 2 is 1.80 bits per heavy atom. The van der Waals surface area contributed by atoms with Crippen molar-refractivity contribution in [1.82, 2.24) is 19.8 Å². The summed E-state index contributed by atoms with van der Waals surface area (Å²) in [6, 6.07) is 13.2. The molecule has 0 saturated heterocycles. The number of nitrogens with one attached hydrogen (secondary N) is 1. The average molecular weight is 405 g/mol. The summed E-state index contributed by atoms with van der Waals surface area (Å²) in [6.07, 6.45) is 0.656. The van der Waals surface area contributed by atoms with Crippen LogP contribution in [0.25, 0.3) is 16.8 Å². The van der Waals surface area contributed by atoms with Gasteiger partial charge in [-0.05, 0) is 55.3 Å². The zero-order valence-corrected chi connectivity index (χ0v) is 16.8.